The van der Waals surface area contributed by atoms with Crippen molar-refractivity contribution in [1.29, 1.82) is 0 Å². The Kier molecular flexibility index (Phi) is 2.54. The molecule has 1 aliphatic carbocycles. The number of hydrogen-bond donors (Lipinski definition) is 0. The fourth-order valence-corrected chi connectivity index (χ4v) is 6.97. The minimum atomic E-state index is -1.85. The van der Waals surface area contributed by atoms with Crippen LogP contribution >= 0.6 is 0 Å². The first-order valence-electron chi connectivity index (χ1n) is 29.0. The van der Waals surface area contributed by atoms with Gasteiger partial charge in [-0.15, -0.1) is 0 Å². The van der Waals surface area contributed by atoms with E-state index in [-0.39, 0.29) is 22.3 Å². The van der Waals surface area contributed by atoms with Gasteiger partial charge < -0.3 is 0 Å². The summed E-state index contributed by atoms with van der Waals surface area (Å²) in [4.78, 5) is 0. The number of benzene rings is 9. The largest absolute Gasteiger partial charge is 0.0630 e. The summed E-state index contributed by atoms with van der Waals surface area (Å²) in [6.45, 7) is 2.87. The van der Waals surface area contributed by atoms with Gasteiger partial charge in [-0.1, -0.05) is 183 Å². The van der Waals surface area contributed by atoms with Crippen molar-refractivity contribution in [1.82, 2.24) is 0 Å². The SMILES string of the molecule is [2H]c1c([2H])c([2H])c(-c2c([2H])c([2H])c(-c3c4c([2H])c([2H])c([2H])c([2H])c4c(-c4c([2H])c([2H])c([2H])c5c4c([2H])c([2H])c4c([2H])c([2H])c([2H])c([2H])c45)c4c([2H])c([2H])c([2H])c([2H])c34)c3c2-c2c([2H])c([2H])c([2H])c([2H])c2C3(C)C)c([2H])c1[2H]. The molecule has 0 heterocycles. The molecule has 0 spiro atoms. The summed E-state index contributed by atoms with van der Waals surface area (Å²) in [5.41, 5.74) is -6.98. The molecule has 9 aromatic carbocycles. The summed E-state index contributed by atoms with van der Waals surface area (Å²) in [5, 5.41) is -5.19. The van der Waals surface area contributed by atoms with Crippen molar-refractivity contribution in [3.8, 4) is 44.5 Å². The molecule has 0 saturated carbocycles. The number of hydrogen-bond acceptors (Lipinski definition) is 0. The van der Waals surface area contributed by atoms with E-state index < -0.39 is 251 Å². The van der Waals surface area contributed by atoms with Crippen molar-refractivity contribution in [2.24, 2.45) is 0 Å². The molecule has 0 bridgehead atoms. The van der Waals surface area contributed by atoms with Gasteiger partial charge in [-0.25, -0.2) is 0 Å². The lowest BCUT2D eigenvalue weighted by Crippen LogP contribution is -2.16. The summed E-state index contributed by atoms with van der Waals surface area (Å²) in [6.07, 6.45) is 0. The molecule has 49 heavy (non-hydrogen) atoms. The molecule has 0 atom stereocenters. The third kappa shape index (κ3) is 3.98. The van der Waals surface area contributed by atoms with Crippen molar-refractivity contribution >= 4 is 43.1 Å². The van der Waals surface area contributed by atoms with Crippen LogP contribution in [-0.2, 0) is 5.41 Å². The van der Waals surface area contributed by atoms with Gasteiger partial charge in [-0.3, -0.25) is 0 Å². The molecule has 1 aliphatic rings. The van der Waals surface area contributed by atoms with Crippen LogP contribution in [0.1, 0.15) is 63.4 Å². The highest BCUT2D eigenvalue weighted by Crippen LogP contribution is 2.57. The van der Waals surface area contributed by atoms with Crippen LogP contribution in [0, 0.1) is 0 Å². The first-order chi connectivity index (χ1) is 35.7. The van der Waals surface area contributed by atoms with Crippen LogP contribution in [0.4, 0.5) is 0 Å². The van der Waals surface area contributed by atoms with E-state index in [1.807, 2.05) is 0 Å². The molecule has 0 nitrogen and oxygen atoms in total. The van der Waals surface area contributed by atoms with Gasteiger partial charge in [0.05, 0.1) is 38.4 Å². The van der Waals surface area contributed by atoms with E-state index in [1.54, 1.807) is 0 Å². The number of fused-ring (bicyclic) bond motifs is 8. The zero-order valence-corrected chi connectivity index (χ0v) is 25.5. The van der Waals surface area contributed by atoms with Crippen molar-refractivity contribution in [2.45, 2.75) is 19.3 Å². The van der Waals surface area contributed by atoms with Crippen LogP contribution in [0.3, 0.4) is 0 Å². The van der Waals surface area contributed by atoms with E-state index >= 15 is 0 Å². The van der Waals surface area contributed by atoms with Crippen molar-refractivity contribution in [3.63, 3.8) is 0 Å². The van der Waals surface area contributed by atoms with E-state index in [1.165, 1.54) is 13.8 Å². The van der Waals surface area contributed by atoms with E-state index in [2.05, 4.69) is 0 Å². The van der Waals surface area contributed by atoms with Gasteiger partial charge in [0.25, 0.3) is 0 Å². The standard InChI is InChI=1S/C49H34/c1-49(2)44-26-13-12-23-42(44)47-34(31-15-4-3-5-16-31)29-30-43(48(47)49)46-40-21-10-8-19-38(40)45(39-20-9-11-22-41(39)46)37-25-14-24-35-33-18-7-6-17-32(33)27-28-36(35)37/h3-30H,1-2H3/i3D,4D,5D,6D,7D,8D,9D,10D,11D,12D,13D,14D,15D,16D,17D,18D,19D,20D,21D,22D,23D,24D,25D,26D,27D,28D,29D,30D. The van der Waals surface area contributed by atoms with Crippen LogP contribution in [0.5, 0.6) is 0 Å². The molecule has 0 fully saturated rings. The van der Waals surface area contributed by atoms with Crippen LogP contribution in [-0.4, -0.2) is 0 Å². The number of rotatable bonds is 3. The lowest BCUT2D eigenvalue weighted by atomic mass is 9.76. The van der Waals surface area contributed by atoms with Crippen LogP contribution in [0.15, 0.2) is 169 Å². The third-order valence-electron chi connectivity index (χ3n) is 9.00. The Morgan fingerprint density at radius 2 is 0.878 bits per heavy atom. The quantitative estimate of drug-likeness (QED) is 0.132. The highest BCUT2D eigenvalue weighted by atomic mass is 14.4. The summed E-state index contributed by atoms with van der Waals surface area (Å²) in [7, 11) is 0. The minimum absolute atomic E-state index is 0.199. The predicted molar refractivity (Wildman–Crippen MR) is 210 cm³/mol. The Bertz CT molecular complexity index is 4270. The van der Waals surface area contributed by atoms with E-state index in [9.17, 15) is 17.8 Å². The molecule has 9 aromatic rings. The summed E-state index contributed by atoms with van der Waals surface area (Å²) >= 11 is 0. The molecule has 0 aliphatic heterocycles. The first-order valence-corrected chi connectivity index (χ1v) is 15.0. The predicted octanol–water partition coefficient (Wildman–Crippen LogP) is 13.6. The zero-order valence-electron chi connectivity index (χ0n) is 53.5. The molecule has 10 rings (SSSR count). The zero-order chi connectivity index (χ0) is 57.1. The second-order valence-electron chi connectivity index (χ2n) is 11.9. The summed E-state index contributed by atoms with van der Waals surface area (Å²) in [6, 6.07) is -25.1. The highest BCUT2D eigenvalue weighted by Gasteiger charge is 2.39. The average molecular weight is 651 g/mol. The monoisotopic (exact) mass is 650 g/mol. The molecule has 0 radical (unpaired) electrons. The van der Waals surface area contributed by atoms with Crippen molar-refractivity contribution < 1.29 is 38.4 Å². The maximum Gasteiger partial charge on any atom is 0.0630 e. The molecule has 0 saturated heterocycles. The Hall–Kier alpha value is -5.98. The average Bonchev–Trinajstić information content (AvgIpc) is 3.84. The van der Waals surface area contributed by atoms with Crippen LogP contribution in [0.2, 0.25) is 0 Å². The van der Waals surface area contributed by atoms with E-state index in [0.717, 1.165) is 0 Å². The summed E-state index contributed by atoms with van der Waals surface area (Å²) in [5.74, 6) is 0. The maximum absolute atomic E-state index is 10.1. The van der Waals surface area contributed by atoms with E-state index in [0.29, 0.717) is 0 Å². The molecule has 0 aromatic heterocycles. The Labute approximate surface area is 326 Å². The van der Waals surface area contributed by atoms with Crippen molar-refractivity contribution in [3.05, 3.63) is 180 Å². The molecule has 0 unspecified atom stereocenters. The van der Waals surface area contributed by atoms with Gasteiger partial charge in [0.2, 0.25) is 0 Å². The van der Waals surface area contributed by atoms with Gasteiger partial charge in [-0.05, 0) is 98.7 Å². The Morgan fingerprint density at radius 3 is 1.59 bits per heavy atom. The lowest BCUT2D eigenvalue weighted by Gasteiger charge is -2.27. The minimum Gasteiger partial charge on any atom is -0.0622 e. The van der Waals surface area contributed by atoms with Gasteiger partial charge >= 0.3 is 0 Å². The highest BCUT2D eigenvalue weighted by molar-refractivity contribution is 6.25. The van der Waals surface area contributed by atoms with Gasteiger partial charge in [-0.2, -0.15) is 0 Å². The fraction of sp³-hybridized carbons (Fsp3) is 0.0612. The van der Waals surface area contributed by atoms with Crippen LogP contribution < -0.4 is 0 Å². The van der Waals surface area contributed by atoms with Crippen molar-refractivity contribution in [2.75, 3.05) is 0 Å². The van der Waals surface area contributed by atoms with Gasteiger partial charge in [0.1, 0.15) is 0 Å². The summed E-state index contributed by atoms with van der Waals surface area (Å²) < 4.78 is 256. The Morgan fingerprint density at radius 1 is 0.347 bits per heavy atom. The second kappa shape index (κ2) is 10.5. The topological polar surface area (TPSA) is 0 Å². The molecular formula is C49H34. The Balaban J connectivity index is 1.59. The van der Waals surface area contributed by atoms with Gasteiger partial charge in [0.15, 0.2) is 0 Å². The first kappa shape index (κ1) is 11.9. The van der Waals surface area contributed by atoms with Gasteiger partial charge in [0, 0.05) is 5.41 Å². The molecular weight excluding hydrogens is 589 g/mol. The fourth-order valence-electron chi connectivity index (χ4n) is 6.97. The maximum atomic E-state index is 10.1. The second-order valence-corrected chi connectivity index (χ2v) is 11.9. The molecule has 0 N–H and O–H groups in total. The third-order valence-corrected chi connectivity index (χ3v) is 9.00. The normalized spacial score (nSPS) is 21.3. The smallest absolute Gasteiger partial charge is 0.0622 e. The molecule has 0 heteroatoms. The lowest BCUT2D eigenvalue weighted by molar-refractivity contribution is 0.662. The van der Waals surface area contributed by atoms with E-state index in [4.69, 9.17) is 20.6 Å². The van der Waals surface area contributed by atoms with Crippen LogP contribution in [0.25, 0.3) is 87.6 Å². The molecule has 0 amide bonds. The molecule has 230 valence electrons.